The van der Waals surface area contributed by atoms with Crippen LogP contribution < -0.4 is 0 Å². The molecule has 0 saturated heterocycles. The molecule has 0 amide bonds. The van der Waals surface area contributed by atoms with E-state index in [1.54, 1.807) is 11.1 Å². The first-order valence-corrected chi connectivity index (χ1v) is 19.9. The summed E-state index contributed by atoms with van der Waals surface area (Å²) in [4.78, 5) is 9.66. The highest BCUT2D eigenvalue weighted by molar-refractivity contribution is 5.88. The zero-order valence-corrected chi connectivity index (χ0v) is 30.3. The molecule has 2 aromatic heterocycles. The van der Waals surface area contributed by atoms with Crippen LogP contribution in [0.3, 0.4) is 0 Å². The minimum Gasteiger partial charge on any atom is -0.256 e. The molecular weight excluding hydrogens is 629 g/mol. The number of fused-ring (bicyclic) bond motifs is 2. The van der Waals surface area contributed by atoms with Gasteiger partial charge in [-0.1, -0.05) is 98.1 Å². The van der Waals surface area contributed by atoms with Crippen LogP contribution in [0.4, 0.5) is 0 Å². The zero-order chi connectivity index (χ0) is 34.5. The monoisotopic (exact) mass is 676 g/mol. The molecule has 4 aliphatic carbocycles. The molecule has 0 N–H and O–H groups in total. The molecule has 0 aliphatic heterocycles. The molecule has 258 valence electrons. The van der Waals surface area contributed by atoms with Gasteiger partial charge in [-0.2, -0.15) is 0 Å². The van der Waals surface area contributed by atoms with Gasteiger partial charge in [-0.05, 0) is 167 Å². The summed E-state index contributed by atoms with van der Waals surface area (Å²) in [6, 6.07) is 43.3. The second-order valence-corrected chi connectivity index (χ2v) is 16.8. The largest absolute Gasteiger partial charge is 0.256 e. The topological polar surface area (TPSA) is 25.8 Å². The predicted octanol–water partition coefficient (Wildman–Crippen LogP) is 12.6. The summed E-state index contributed by atoms with van der Waals surface area (Å²) >= 11 is 0. The summed E-state index contributed by atoms with van der Waals surface area (Å²) in [5.41, 5.74) is 18.1. The van der Waals surface area contributed by atoms with Crippen molar-refractivity contribution in [2.75, 3.05) is 0 Å². The number of rotatable bonds is 5. The van der Waals surface area contributed by atoms with E-state index in [-0.39, 0.29) is 0 Å². The van der Waals surface area contributed by atoms with E-state index < -0.39 is 0 Å². The summed E-state index contributed by atoms with van der Waals surface area (Å²) in [5.74, 6) is 0.654. The van der Waals surface area contributed by atoms with Crippen LogP contribution in [0.1, 0.15) is 91.5 Å². The molecule has 4 aliphatic rings. The Morgan fingerprint density at radius 3 is 1.63 bits per heavy atom. The molecule has 10 rings (SSSR count). The van der Waals surface area contributed by atoms with E-state index in [2.05, 4.69) is 115 Å². The fourth-order valence-corrected chi connectivity index (χ4v) is 10.8. The van der Waals surface area contributed by atoms with Gasteiger partial charge in [0.1, 0.15) is 0 Å². The second-order valence-electron chi connectivity index (χ2n) is 16.8. The first-order valence-electron chi connectivity index (χ1n) is 19.9. The van der Waals surface area contributed by atoms with Gasteiger partial charge in [0.25, 0.3) is 0 Å². The van der Waals surface area contributed by atoms with Crippen molar-refractivity contribution in [1.29, 1.82) is 0 Å². The molecule has 0 atom stereocenters. The van der Waals surface area contributed by atoms with Gasteiger partial charge in [0.2, 0.25) is 0 Å². The van der Waals surface area contributed by atoms with Gasteiger partial charge >= 0.3 is 0 Å². The Kier molecular flexibility index (Phi) is 7.96. The van der Waals surface area contributed by atoms with E-state index in [1.165, 1.54) is 115 Å². The van der Waals surface area contributed by atoms with Crippen LogP contribution in [0.5, 0.6) is 0 Å². The maximum absolute atomic E-state index is 4.97. The van der Waals surface area contributed by atoms with Crippen LogP contribution in [-0.2, 0) is 25.7 Å². The highest BCUT2D eigenvalue weighted by Crippen LogP contribution is 2.52. The van der Waals surface area contributed by atoms with Crippen LogP contribution in [-0.4, -0.2) is 9.97 Å². The minimum atomic E-state index is 0.291. The Bertz CT molecular complexity index is 2220. The van der Waals surface area contributed by atoms with Crippen molar-refractivity contribution in [1.82, 2.24) is 9.97 Å². The number of aromatic nitrogens is 2. The van der Waals surface area contributed by atoms with E-state index in [0.29, 0.717) is 16.7 Å². The van der Waals surface area contributed by atoms with Gasteiger partial charge in [0, 0.05) is 23.5 Å². The molecule has 6 aromatic rings. The van der Waals surface area contributed by atoms with E-state index in [9.17, 15) is 0 Å². The molecule has 2 nitrogen and oxygen atoms in total. The van der Waals surface area contributed by atoms with Crippen molar-refractivity contribution >= 4 is 0 Å². The molecule has 2 fully saturated rings. The van der Waals surface area contributed by atoms with Gasteiger partial charge in [-0.25, -0.2) is 0 Å². The summed E-state index contributed by atoms with van der Waals surface area (Å²) in [6.45, 7) is 0. The number of nitrogens with zero attached hydrogens (tertiary/aromatic N) is 2. The Morgan fingerprint density at radius 1 is 0.423 bits per heavy atom. The van der Waals surface area contributed by atoms with Crippen LogP contribution in [0, 0.1) is 10.8 Å². The van der Waals surface area contributed by atoms with Crippen molar-refractivity contribution in [3.8, 4) is 44.8 Å². The molecule has 0 radical (unpaired) electrons. The van der Waals surface area contributed by atoms with Crippen molar-refractivity contribution in [2.24, 2.45) is 10.8 Å². The minimum absolute atomic E-state index is 0.291. The molecule has 52 heavy (non-hydrogen) atoms. The summed E-state index contributed by atoms with van der Waals surface area (Å²) in [6.07, 6.45) is 21.3. The number of benzene rings is 4. The van der Waals surface area contributed by atoms with Crippen LogP contribution in [0.15, 0.2) is 128 Å². The van der Waals surface area contributed by atoms with Crippen LogP contribution >= 0.6 is 0 Å². The number of hydrogen-bond donors (Lipinski definition) is 0. The highest BCUT2D eigenvalue weighted by Gasteiger charge is 2.42. The zero-order valence-electron chi connectivity index (χ0n) is 30.3. The predicted molar refractivity (Wildman–Crippen MR) is 214 cm³/mol. The fourth-order valence-electron chi connectivity index (χ4n) is 10.8. The van der Waals surface area contributed by atoms with E-state index in [4.69, 9.17) is 9.97 Å². The Morgan fingerprint density at radius 2 is 1.00 bits per heavy atom. The maximum Gasteiger partial charge on any atom is 0.0705 e. The van der Waals surface area contributed by atoms with Crippen molar-refractivity contribution in [3.05, 3.63) is 155 Å². The molecule has 2 heterocycles. The number of pyridine rings is 2. The van der Waals surface area contributed by atoms with E-state index in [0.717, 1.165) is 29.8 Å². The number of hydrogen-bond acceptors (Lipinski definition) is 2. The van der Waals surface area contributed by atoms with Gasteiger partial charge in [-0.3, -0.25) is 9.97 Å². The molecule has 2 saturated carbocycles. The van der Waals surface area contributed by atoms with Crippen molar-refractivity contribution in [2.45, 2.75) is 89.4 Å². The van der Waals surface area contributed by atoms with Gasteiger partial charge < -0.3 is 0 Å². The molecule has 4 aromatic carbocycles. The van der Waals surface area contributed by atoms with Crippen molar-refractivity contribution in [3.63, 3.8) is 0 Å². The lowest BCUT2D eigenvalue weighted by molar-refractivity contribution is 0.114. The fraction of sp³-hybridized carbons (Fsp3) is 0.320. The molecule has 0 unspecified atom stereocenters. The summed E-state index contributed by atoms with van der Waals surface area (Å²) < 4.78 is 0. The van der Waals surface area contributed by atoms with E-state index >= 15 is 0 Å². The molecular formula is C50H48N2. The summed E-state index contributed by atoms with van der Waals surface area (Å²) in [5, 5.41) is 0. The quantitative estimate of drug-likeness (QED) is 0.182. The van der Waals surface area contributed by atoms with Gasteiger partial charge in [0.05, 0.1) is 11.4 Å². The highest BCUT2D eigenvalue weighted by atomic mass is 14.7. The summed E-state index contributed by atoms with van der Waals surface area (Å²) in [7, 11) is 0. The van der Waals surface area contributed by atoms with Crippen molar-refractivity contribution < 1.29 is 0 Å². The Hall–Kier alpha value is -4.82. The molecule has 2 heteroatoms. The Labute approximate surface area is 309 Å². The third kappa shape index (κ3) is 5.91. The second kappa shape index (κ2) is 13.0. The lowest BCUT2D eigenvalue weighted by Gasteiger charge is -2.43. The smallest absolute Gasteiger partial charge is 0.0705 e. The maximum atomic E-state index is 4.97. The molecule has 0 bridgehead atoms. The Balaban J connectivity index is 1.01. The first kappa shape index (κ1) is 31.9. The lowest BCUT2D eigenvalue weighted by Crippen LogP contribution is -2.29. The molecule has 2 spiro atoms. The van der Waals surface area contributed by atoms with Crippen LogP contribution in [0.2, 0.25) is 0 Å². The van der Waals surface area contributed by atoms with Gasteiger partial charge in [0.15, 0.2) is 0 Å². The van der Waals surface area contributed by atoms with Gasteiger partial charge in [-0.15, -0.1) is 0 Å². The standard InChI is InChI=1S/C50H48N2/c1-5-20-49(21-6-1)22-17-35(18-23-49)36-19-25-52-48(30-36)40-15-9-13-38(27-40)46-29-44-34-50(31-41-10-2-3-11-42(41)32-50)33-43(44)28-45(46)37-12-8-14-39(26-37)47-16-4-7-24-51-47/h2-4,7-16,19,24-30,35H,1,5-6,17-18,20-23,31-34H2. The average molecular weight is 677 g/mol. The normalized spacial score (nSPS) is 18.8. The lowest BCUT2D eigenvalue weighted by atomic mass is 9.62. The average Bonchev–Trinajstić information content (AvgIpc) is 3.75. The third-order valence-corrected chi connectivity index (χ3v) is 13.5. The van der Waals surface area contributed by atoms with Crippen LogP contribution in [0.25, 0.3) is 44.8 Å². The SMILES string of the molecule is c1ccc(-c2cccc(-c3cc4c(cc3-c3cccc(-c5cc(C6CCC7(CCCCC7)CC6)ccn5)c3)CC3(Cc5ccccc5C3)C4)c2)nc1. The van der Waals surface area contributed by atoms with E-state index in [1.807, 2.05) is 12.3 Å². The third-order valence-electron chi connectivity index (χ3n) is 13.5. The first-order chi connectivity index (χ1) is 25.6.